The number of anilines is 1. The molecule has 1 aliphatic rings. The Balaban J connectivity index is 1.54. The third-order valence-electron chi connectivity index (χ3n) is 5.07. The number of benzene rings is 1. The van der Waals surface area contributed by atoms with E-state index in [9.17, 15) is 9.59 Å². The van der Waals surface area contributed by atoms with E-state index in [0.29, 0.717) is 22.4 Å². The van der Waals surface area contributed by atoms with Crippen LogP contribution in [0.2, 0.25) is 0 Å². The number of carbonyl (C=O) groups excluding carboxylic acids is 2. The van der Waals surface area contributed by atoms with Crippen LogP contribution in [0.1, 0.15) is 48.7 Å². The van der Waals surface area contributed by atoms with Gasteiger partial charge in [-0.15, -0.1) is 11.3 Å². The maximum absolute atomic E-state index is 12.5. The van der Waals surface area contributed by atoms with Gasteiger partial charge in [0.05, 0.1) is 12.1 Å². The standard InChI is InChI=1S/C20H25N3O2S/c1-14-8-10-17(11-9-14)23(2)18(24)12-16-13-26-20(21-16)22-19(25)15-6-4-3-5-7-15/h3-7,13-14,17H,8-12H2,1-2H3,(H,21,22,25). The van der Waals surface area contributed by atoms with Gasteiger partial charge in [0.25, 0.3) is 5.91 Å². The molecule has 2 amide bonds. The van der Waals surface area contributed by atoms with Gasteiger partial charge in [0.1, 0.15) is 0 Å². The summed E-state index contributed by atoms with van der Waals surface area (Å²) in [7, 11) is 1.90. The van der Waals surface area contributed by atoms with Crippen molar-refractivity contribution in [1.29, 1.82) is 0 Å². The molecule has 1 saturated carbocycles. The number of hydrogen-bond acceptors (Lipinski definition) is 4. The van der Waals surface area contributed by atoms with Crippen molar-refractivity contribution in [3.8, 4) is 0 Å². The molecule has 1 fully saturated rings. The number of carbonyl (C=O) groups is 2. The minimum absolute atomic E-state index is 0.0933. The van der Waals surface area contributed by atoms with Crippen LogP contribution in [0.5, 0.6) is 0 Å². The van der Waals surface area contributed by atoms with Gasteiger partial charge in [0.15, 0.2) is 5.13 Å². The van der Waals surface area contributed by atoms with Crippen LogP contribution in [0.25, 0.3) is 0 Å². The highest BCUT2D eigenvalue weighted by Crippen LogP contribution is 2.27. The molecule has 138 valence electrons. The molecule has 1 aromatic carbocycles. The van der Waals surface area contributed by atoms with Crippen molar-refractivity contribution in [2.75, 3.05) is 12.4 Å². The number of likely N-dealkylation sites (N-methyl/N-ethyl adjacent to an activating group) is 1. The second-order valence-electron chi connectivity index (χ2n) is 7.06. The predicted octanol–water partition coefficient (Wildman–Crippen LogP) is 3.98. The van der Waals surface area contributed by atoms with Crippen molar-refractivity contribution >= 4 is 28.3 Å². The molecule has 0 atom stereocenters. The first-order valence-electron chi connectivity index (χ1n) is 9.09. The van der Waals surface area contributed by atoms with Gasteiger partial charge in [-0.1, -0.05) is 25.1 Å². The fourth-order valence-corrected chi connectivity index (χ4v) is 4.02. The van der Waals surface area contributed by atoms with E-state index in [1.54, 1.807) is 12.1 Å². The predicted molar refractivity (Wildman–Crippen MR) is 104 cm³/mol. The first kappa shape index (κ1) is 18.6. The van der Waals surface area contributed by atoms with E-state index < -0.39 is 0 Å². The molecule has 5 nitrogen and oxygen atoms in total. The summed E-state index contributed by atoms with van der Waals surface area (Å²) in [5, 5.41) is 5.16. The van der Waals surface area contributed by atoms with Crippen LogP contribution in [0.3, 0.4) is 0 Å². The van der Waals surface area contributed by atoms with Gasteiger partial charge < -0.3 is 4.90 Å². The number of nitrogens with one attached hydrogen (secondary N) is 1. The van der Waals surface area contributed by atoms with Gasteiger partial charge in [-0.05, 0) is 43.7 Å². The number of nitrogens with zero attached hydrogens (tertiary/aromatic N) is 2. The van der Waals surface area contributed by atoms with Gasteiger partial charge in [-0.2, -0.15) is 0 Å². The van der Waals surface area contributed by atoms with Crippen molar-refractivity contribution in [2.24, 2.45) is 5.92 Å². The Morgan fingerprint density at radius 3 is 2.58 bits per heavy atom. The summed E-state index contributed by atoms with van der Waals surface area (Å²) >= 11 is 1.35. The maximum atomic E-state index is 12.5. The van der Waals surface area contributed by atoms with Gasteiger partial charge in [0, 0.05) is 24.0 Å². The molecule has 26 heavy (non-hydrogen) atoms. The lowest BCUT2D eigenvalue weighted by Crippen LogP contribution is -2.40. The van der Waals surface area contributed by atoms with Crippen LogP contribution in [0, 0.1) is 5.92 Å². The van der Waals surface area contributed by atoms with Gasteiger partial charge in [0.2, 0.25) is 5.91 Å². The Hall–Kier alpha value is -2.21. The van der Waals surface area contributed by atoms with Crippen molar-refractivity contribution in [3.63, 3.8) is 0 Å². The summed E-state index contributed by atoms with van der Waals surface area (Å²) in [5.74, 6) is 0.672. The van der Waals surface area contributed by atoms with E-state index in [1.807, 2.05) is 35.5 Å². The smallest absolute Gasteiger partial charge is 0.257 e. The fraction of sp³-hybridized carbons (Fsp3) is 0.450. The summed E-state index contributed by atoms with van der Waals surface area (Å²) in [6, 6.07) is 9.37. The quantitative estimate of drug-likeness (QED) is 0.865. The molecule has 0 radical (unpaired) electrons. The number of thiazole rings is 1. The summed E-state index contributed by atoms with van der Waals surface area (Å²) in [6.45, 7) is 2.28. The summed E-state index contributed by atoms with van der Waals surface area (Å²) in [6.07, 6.45) is 4.82. The molecule has 0 bridgehead atoms. The van der Waals surface area contributed by atoms with E-state index >= 15 is 0 Å². The van der Waals surface area contributed by atoms with Crippen LogP contribution in [-0.2, 0) is 11.2 Å². The highest BCUT2D eigenvalue weighted by Gasteiger charge is 2.25. The van der Waals surface area contributed by atoms with Crippen LogP contribution in [0.4, 0.5) is 5.13 Å². The Labute approximate surface area is 158 Å². The first-order valence-corrected chi connectivity index (χ1v) is 9.97. The zero-order chi connectivity index (χ0) is 18.5. The molecule has 0 spiro atoms. The molecule has 1 N–H and O–H groups in total. The molecule has 0 saturated heterocycles. The average Bonchev–Trinajstić information content (AvgIpc) is 3.09. The van der Waals surface area contributed by atoms with Crippen LogP contribution in [-0.4, -0.2) is 34.8 Å². The fourth-order valence-electron chi connectivity index (χ4n) is 3.32. The van der Waals surface area contributed by atoms with Crippen molar-refractivity contribution in [1.82, 2.24) is 9.88 Å². The summed E-state index contributed by atoms with van der Waals surface area (Å²) in [4.78, 5) is 31.0. The first-order chi connectivity index (χ1) is 12.5. The second kappa shape index (κ2) is 8.45. The van der Waals surface area contributed by atoms with E-state index in [1.165, 1.54) is 24.2 Å². The number of rotatable bonds is 5. The minimum Gasteiger partial charge on any atom is -0.342 e. The maximum Gasteiger partial charge on any atom is 0.257 e. The Bertz CT molecular complexity index is 751. The zero-order valence-electron chi connectivity index (χ0n) is 15.3. The van der Waals surface area contributed by atoms with Crippen LogP contribution >= 0.6 is 11.3 Å². The Morgan fingerprint density at radius 1 is 1.19 bits per heavy atom. The van der Waals surface area contributed by atoms with Crippen molar-refractivity contribution in [2.45, 2.75) is 45.1 Å². The molecule has 3 rings (SSSR count). The second-order valence-corrected chi connectivity index (χ2v) is 7.92. The van der Waals surface area contributed by atoms with Crippen molar-refractivity contribution < 1.29 is 9.59 Å². The molecular weight excluding hydrogens is 346 g/mol. The Morgan fingerprint density at radius 2 is 1.88 bits per heavy atom. The largest absolute Gasteiger partial charge is 0.342 e. The monoisotopic (exact) mass is 371 g/mol. The Kier molecular flexibility index (Phi) is 6.04. The molecule has 1 aromatic heterocycles. The topological polar surface area (TPSA) is 62.3 Å². The minimum atomic E-state index is -0.189. The van der Waals surface area contributed by atoms with E-state index in [0.717, 1.165) is 18.8 Å². The van der Waals surface area contributed by atoms with E-state index in [4.69, 9.17) is 0 Å². The summed E-state index contributed by atoms with van der Waals surface area (Å²) in [5.41, 5.74) is 1.30. The lowest BCUT2D eigenvalue weighted by Gasteiger charge is -2.33. The number of hydrogen-bond donors (Lipinski definition) is 1. The molecule has 1 heterocycles. The molecule has 6 heteroatoms. The van der Waals surface area contributed by atoms with Gasteiger partial charge >= 0.3 is 0 Å². The SMILES string of the molecule is CC1CCC(N(C)C(=O)Cc2csc(NC(=O)c3ccccc3)n2)CC1. The van der Waals surface area contributed by atoms with E-state index in [-0.39, 0.29) is 18.2 Å². The molecule has 0 unspecified atom stereocenters. The van der Waals surface area contributed by atoms with Crippen LogP contribution in [0.15, 0.2) is 35.7 Å². The van der Waals surface area contributed by atoms with Gasteiger partial charge in [-0.3, -0.25) is 14.9 Å². The third kappa shape index (κ3) is 4.69. The lowest BCUT2D eigenvalue weighted by atomic mass is 9.86. The average molecular weight is 372 g/mol. The molecular formula is C20H25N3O2S. The highest BCUT2D eigenvalue weighted by atomic mass is 32.1. The number of aromatic nitrogens is 1. The normalized spacial score (nSPS) is 19.8. The zero-order valence-corrected chi connectivity index (χ0v) is 16.1. The molecule has 0 aliphatic heterocycles. The lowest BCUT2D eigenvalue weighted by molar-refractivity contribution is -0.132. The van der Waals surface area contributed by atoms with Crippen molar-refractivity contribution in [3.05, 3.63) is 47.0 Å². The van der Waals surface area contributed by atoms with E-state index in [2.05, 4.69) is 17.2 Å². The number of amides is 2. The van der Waals surface area contributed by atoms with Crippen LogP contribution < -0.4 is 5.32 Å². The summed E-state index contributed by atoms with van der Waals surface area (Å²) < 4.78 is 0. The highest BCUT2D eigenvalue weighted by molar-refractivity contribution is 7.14. The molecule has 2 aromatic rings. The molecule has 1 aliphatic carbocycles. The van der Waals surface area contributed by atoms with Gasteiger partial charge in [-0.25, -0.2) is 4.98 Å². The third-order valence-corrected chi connectivity index (χ3v) is 5.87.